The van der Waals surface area contributed by atoms with Crippen molar-refractivity contribution in [2.75, 3.05) is 10.2 Å². The van der Waals surface area contributed by atoms with Crippen molar-refractivity contribution in [3.63, 3.8) is 0 Å². The summed E-state index contributed by atoms with van der Waals surface area (Å²) in [5.41, 5.74) is 6.37. The van der Waals surface area contributed by atoms with Gasteiger partial charge in [0.1, 0.15) is 5.82 Å². The van der Waals surface area contributed by atoms with Gasteiger partial charge in [-0.05, 0) is 73.4 Å². The number of fused-ring (bicyclic) bond motifs is 1. The maximum absolute atomic E-state index is 13.3. The molecule has 0 bridgehead atoms. The number of hydrogen-bond donors (Lipinski definition) is 1. The second kappa shape index (κ2) is 7.70. The van der Waals surface area contributed by atoms with E-state index in [2.05, 4.69) is 55.6 Å². The fraction of sp³-hybridized carbons (Fsp3) is 0.240. The third-order valence-electron chi connectivity index (χ3n) is 5.56. The smallest absolute Gasteiger partial charge is 0.224 e. The molecule has 0 saturated heterocycles. The van der Waals surface area contributed by atoms with E-state index in [1.807, 2.05) is 11.0 Å². The average molecular weight is 388 g/mol. The lowest BCUT2D eigenvalue weighted by Crippen LogP contribution is -2.43. The number of carbonyl (C=O) groups is 1. The van der Waals surface area contributed by atoms with Gasteiger partial charge in [-0.2, -0.15) is 0 Å². The number of anilines is 2. The minimum atomic E-state index is -0.252. The zero-order valence-corrected chi connectivity index (χ0v) is 16.9. The van der Waals surface area contributed by atoms with E-state index in [0.717, 1.165) is 34.5 Å². The molecule has 4 heteroatoms. The Labute approximate surface area is 171 Å². The molecule has 3 nitrogen and oxygen atoms in total. The summed E-state index contributed by atoms with van der Waals surface area (Å²) in [6.07, 6.45) is 0.779. The molecule has 0 aromatic heterocycles. The van der Waals surface area contributed by atoms with Gasteiger partial charge in [-0.25, -0.2) is 4.39 Å². The fourth-order valence-corrected chi connectivity index (χ4v) is 4.23. The summed E-state index contributed by atoms with van der Waals surface area (Å²) >= 11 is 0. The second-order valence-electron chi connectivity index (χ2n) is 7.82. The second-order valence-corrected chi connectivity index (χ2v) is 7.82. The van der Waals surface area contributed by atoms with Gasteiger partial charge in [0, 0.05) is 24.3 Å². The van der Waals surface area contributed by atoms with Gasteiger partial charge in [-0.15, -0.1) is 0 Å². The van der Waals surface area contributed by atoms with E-state index in [1.54, 1.807) is 19.1 Å². The zero-order valence-electron chi connectivity index (χ0n) is 16.9. The van der Waals surface area contributed by atoms with Crippen molar-refractivity contribution in [2.45, 2.75) is 39.3 Å². The van der Waals surface area contributed by atoms with E-state index >= 15 is 0 Å². The summed E-state index contributed by atoms with van der Waals surface area (Å²) in [7, 11) is 0. The van der Waals surface area contributed by atoms with Crippen LogP contribution in [0.2, 0.25) is 0 Å². The molecule has 3 aromatic carbocycles. The van der Waals surface area contributed by atoms with Crippen LogP contribution in [-0.4, -0.2) is 11.9 Å². The Hall–Kier alpha value is -3.14. The Morgan fingerprint density at radius 1 is 1.03 bits per heavy atom. The lowest BCUT2D eigenvalue weighted by Gasteiger charge is -2.39. The topological polar surface area (TPSA) is 32.3 Å². The minimum absolute atomic E-state index is 0.0332. The number of halogens is 1. The first-order chi connectivity index (χ1) is 13.9. The average Bonchev–Trinajstić information content (AvgIpc) is 2.69. The third kappa shape index (κ3) is 3.88. The van der Waals surface area contributed by atoms with Crippen LogP contribution in [0, 0.1) is 12.7 Å². The molecule has 3 aromatic rings. The number of rotatable bonds is 3. The Balaban J connectivity index is 1.78. The summed E-state index contributed by atoms with van der Waals surface area (Å²) < 4.78 is 13.3. The molecule has 0 aliphatic carbocycles. The van der Waals surface area contributed by atoms with Gasteiger partial charge in [0.15, 0.2) is 0 Å². The van der Waals surface area contributed by atoms with E-state index in [9.17, 15) is 9.18 Å². The molecule has 1 aliphatic rings. The highest BCUT2D eigenvalue weighted by Crippen LogP contribution is 2.41. The first-order valence-corrected chi connectivity index (χ1v) is 9.95. The largest absolute Gasteiger partial charge is 0.378 e. The SMILES string of the molecule is CC(=O)N1c2ccc(-c3cccc(C)c3)cc2C(Nc2ccc(F)cc2)CC1C. The predicted molar refractivity (Wildman–Crippen MR) is 117 cm³/mol. The van der Waals surface area contributed by atoms with Gasteiger partial charge in [0.05, 0.1) is 6.04 Å². The molecule has 1 aliphatic heterocycles. The van der Waals surface area contributed by atoms with Crippen LogP contribution in [-0.2, 0) is 4.79 Å². The van der Waals surface area contributed by atoms with Crippen LogP contribution >= 0.6 is 0 Å². The molecule has 148 valence electrons. The lowest BCUT2D eigenvalue weighted by atomic mass is 9.88. The van der Waals surface area contributed by atoms with Crippen molar-refractivity contribution in [2.24, 2.45) is 0 Å². The monoisotopic (exact) mass is 388 g/mol. The van der Waals surface area contributed by atoms with E-state index in [1.165, 1.54) is 17.7 Å². The van der Waals surface area contributed by atoms with Crippen molar-refractivity contribution >= 4 is 17.3 Å². The van der Waals surface area contributed by atoms with E-state index < -0.39 is 0 Å². The lowest BCUT2D eigenvalue weighted by molar-refractivity contribution is -0.117. The Morgan fingerprint density at radius 2 is 1.76 bits per heavy atom. The van der Waals surface area contributed by atoms with Crippen molar-refractivity contribution in [1.82, 2.24) is 0 Å². The maximum atomic E-state index is 13.3. The standard InChI is InChI=1S/C25H25FN2O/c1-16-5-4-6-19(13-16)20-7-12-25-23(15-20)24(14-17(2)28(25)18(3)29)27-22-10-8-21(26)9-11-22/h4-13,15,17,24,27H,14H2,1-3H3. The zero-order chi connectivity index (χ0) is 20.5. The first-order valence-electron chi connectivity index (χ1n) is 9.95. The maximum Gasteiger partial charge on any atom is 0.224 e. The number of nitrogens with one attached hydrogen (secondary N) is 1. The molecule has 4 rings (SSSR count). The van der Waals surface area contributed by atoms with Crippen LogP contribution < -0.4 is 10.2 Å². The summed E-state index contributed by atoms with van der Waals surface area (Å²) in [4.78, 5) is 14.2. The number of amides is 1. The van der Waals surface area contributed by atoms with Crippen molar-refractivity contribution in [3.05, 3.63) is 83.7 Å². The Kier molecular flexibility index (Phi) is 5.10. The molecular weight excluding hydrogens is 363 g/mol. The van der Waals surface area contributed by atoms with Gasteiger partial charge < -0.3 is 10.2 Å². The highest BCUT2D eigenvalue weighted by Gasteiger charge is 2.32. The summed E-state index contributed by atoms with van der Waals surface area (Å²) in [6, 6.07) is 21.2. The highest BCUT2D eigenvalue weighted by molar-refractivity contribution is 5.94. The number of carbonyl (C=O) groups excluding carboxylic acids is 1. The van der Waals surface area contributed by atoms with Gasteiger partial charge >= 0.3 is 0 Å². The van der Waals surface area contributed by atoms with Crippen LogP contribution in [0.3, 0.4) is 0 Å². The van der Waals surface area contributed by atoms with Crippen LogP contribution in [0.25, 0.3) is 11.1 Å². The van der Waals surface area contributed by atoms with Gasteiger partial charge in [-0.1, -0.05) is 35.9 Å². The molecule has 0 saturated carbocycles. The predicted octanol–water partition coefficient (Wildman–Crippen LogP) is 6.10. The molecule has 0 fully saturated rings. The van der Waals surface area contributed by atoms with Crippen LogP contribution in [0.5, 0.6) is 0 Å². The molecule has 2 unspecified atom stereocenters. The molecule has 0 radical (unpaired) electrons. The summed E-state index contributed by atoms with van der Waals surface area (Å²) in [5.74, 6) is -0.209. The first kappa shape index (κ1) is 19.2. The van der Waals surface area contributed by atoms with Crippen LogP contribution in [0.15, 0.2) is 66.7 Å². The normalized spacial score (nSPS) is 18.3. The van der Waals surface area contributed by atoms with E-state index in [4.69, 9.17) is 0 Å². The number of benzene rings is 3. The van der Waals surface area contributed by atoms with Crippen molar-refractivity contribution in [3.8, 4) is 11.1 Å². The number of aryl methyl sites for hydroxylation is 1. The summed E-state index contributed by atoms with van der Waals surface area (Å²) in [5, 5.41) is 3.54. The Morgan fingerprint density at radius 3 is 2.45 bits per heavy atom. The third-order valence-corrected chi connectivity index (χ3v) is 5.56. The minimum Gasteiger partial charge on any atom is -0.378 e. The van der Waals surface area contributed by atoms with Crippen molar-refractivity contribution in [1.29, 1.82) is 0 Å². The Bertz CT molecular complexity index is 1040. The van der Waals surface area contributed by atoms with Crippen molar-refractivity contribution < 1.29 is 9.18 Å². The molecule has 2 atom stereocenters. The molecule has 1 heterocycles. The van der Waals surface area contributed by atoms with Gasteiger partial charge in [-0.3, -0.25) is 4.79 Å². The quantitative estimate of drug-likeness (QED) is 0.588. The molecule has 29 heavy (non-hydrogen) atoms. The molecular formula is C25H25FN2O. The molecule has 0 spiro atoms. The summed E-state index contributed by atoms with van der Waals surface area (Å²) in [6.45, 7) is 5.76. The highest BCUT2D eigenvalue weighted by atomic mass is 19.1. The fourth-order valence-electron chi connectivity index (χ4n) is 4.23. The van der Waals surface area contributed by atoms with E-state index in [0.29, 0.717) is 0 Å². The van der Waals surface area contributed by atoms with Gasteiger partial charge in [0.2, 0.25) is 5.91 Å². The van der Waals surface area contributed by atoms with Crippen LogP contribution in [0.4, 0.5) is 15.8 Å². The van der Waals surface area contributed by atoms with E-state index in [-0.39, 0.29) is 23.8 Å². The number of nitrogens with zero attached hydrogens (tertiary/aromatic N) is 1. The molecule has 1 amide bonds. The van der Waals surface area contributed by atoms with Crippen LogP contribution in [0.1, 0.15) is 37.4 Å². The van der Waals surface area contributed by atoms with Gasteiger partial charge in [0.25, 0.3) is 0 Å². The number of hydrogen-bond acceptors (Lipinski definition) is 2. The molecule has 1 N–H and O–H groups in total.